The zero-order valence-electron chi connectivity index (χ0n) is 24.4. The highest BCUT2D eigenvalue weighted by Gasteiger charge is 2.76. The zero-order chi connectivity index (χ0) is 28.2. The lowest BCUT2D eigenvalue weighted by atomic mass is 9.66. The Morgan fingerprint density at radius 1 is 0.763 bits per heavy atom. The molecule has 38 heavy (non-hydrogen) atoms. The summed E-state index contributed by atoms with van der Waals surface area (Å²) in [5, 5.41) is 0. The molecule has 1 heterocycles. The molecule has 0 radical (unpaired) electrons. The van der Waals surface area contributed by atoms with Gasteiger partial charge in [0.05, 0.1) is 26.1 Å². The topological polar surface area (TPSA) is 105 Å². The third-order valence-electron chi connectivity index (χ3n) is 9.19. The smallest absolute Gasteiger partial charge is 0.351 e. The predicted octanol–water partition coefficient (Wildman–Crippen LogP) is 6.22. The van der Waals surface area contributed by atoms with Crippen LogP contribution in [0.4, 0.5) is 0 Å². The van der Waals surface area contributed by atoms with E-state index in [-0.39, 0.29) is 18.4 Å². The minimum atomic E-state index is -1.28. The van der Waals surface area contributed by atoms with Gasteiger partial charge in [-0.25, -0.2) is 4.79 Å². The number of unbranched alkanes of at least 4 members (excludes halogenated alkanes) is 11. The molecule has 0 unspecified atom stereocenters. The van der Waals surface area contributed by atoms with Gasteiger partial charge in [0.1, 0.15) is 6.10 Å². The average molecular weight is 539 g/mol. The van der Waals surface area contributed by atoms with Crippen LogP contribution in [-0.2, 0) is 38.1 Å². The van der Waals surface area contributed by atoms with E-state index in [0.717, 1.165) is 32.1 Å². The van der Waals surface area contributed by atoms with E-state index in [2.05, 4.69) is 4.74 Å². The van der Waals surface area contributed by atoms with E-state index in [9.17, 15) is 19.2 Å². The third-order valence-corrected chi connectivity index (χ3v) is 9.19. The van der Waals surface area contributed by atoms with Gasteiger partial charge in [-0.1, -0.05) is 78.1 Å². The summed E-state index contributed by atoms with van der Waals surface area (Å²) in [6.07, 6.45) is 15.1. The van der Waals surface area contributed by atoms with Crippen molar-refractivity contribution in [3.8, 4) is 0 Å². The molecule has 8 heteroatoms. The lowest BCUT2D eigenvalue weighted by molar-refractivity contribution is -0.188. The fraction of sp³-hybridized carbons (Fsp3) is 0.867. The van der Waals surface area contributed by atoms with E-state index in [0.29, 0.717) is 25.7 Å². The van der Waals surface area contributed by atoms with E-state index in [1.54, 1.807) is 0 Å². The first-order chi connectivity index (χ1) is 18.0. The molecule has 8 nitrogen and oxygen atoms in total. The van der Waals surface area contributed by atoms with Crippen LogP contribution in [0.1, 0.15) is 130 Å². The number of ether oxygens (including phenoxy) is 4. The second-order valence-electron chi connectivity index (χ2n) is 11.8. The second kappa shape index (κ2) is 14.9. The molecule has 2 fully saturated rings. The highest BCUT2D eigenvalue weighted by atomic mass is 16.6. The maximum Gasteiger partial charge on any atom is 0.351 e. The van der Waals surface area contributed by atoms with Gasteiger partial charge in [-0.05, 0) is 39.0 Å². The standard InChI is InChI=1S/C30H50O8/c1-28(2)29(3)20-21-30(28,38-26(29)33)27(34)37-23(22-25(32)36-5)18-16-14-12-10-8-6-7-9-11-13-15-17-19-24(31)35-4/h23H,6-22H2,1-5H3/t23-,29+,30-/m1/s1. The first-order valence-electron chi connectivity index (χ1n) is 14.6. The van der Waals surface area contributed by atoms with Gasteiger partial charge < -0.3 is 18.9 Å². The lowest BCUT2D eigenvalue weighted by Crippen LogP contribution is -2.50. The summed E-state index contributed by atoms with van der Waals surface area (Å²) >= 11 is 0. The number of carbonyl (C=O) groups is 4. The van der Waals surface area contributed by atoms with Crippen molar-refractivity contribution >= 4 is 23.9 Å². The molecule has 218 valence electrons. The summed E-state index contributed by atoms with van der Waals surface area (Å²) < 4.78 is 21.0. The van der Waals surface area contributed by atoms with Crippen molar-refractivity contribution in [1.82, 2.24) is 0 Å². The first-order valence-corrected chi connectivity index (χ1v) is 14.6. The Bertz CT molecular complexity index is 806. The van der Waals surface area contributed by atoms with Crippen LogP contribution < -0.4 is 0 Å². The fourth-order valence-electron chi connectivity index (χ4n) is 5.93. The molecule has 2 aliphatic rings. The molecule has 1 aliphatic heterocycles. The van der Waals surface area contributed by atoms with Gasteiger partial charge in [-0.15, -0.1) is 0 Å². The summed E-state index contributed by atoms with van der Waals surface area (Å²) in [5.41, 5.74) is -2.65. The molecule has 0 amide bonds. The number of hydrogen-bond acceptors (Lipinski definition) is 8. The summed E-state index contributed by atoms with van der Waals surface area (Å²) in [5.74, 6) is -1.41. The summed E-state index contributed by atoms with van der Waals surface area (Å²) in [7, 11) is 2.76. The Morgan fingerprint density at radius 3 is 1.71 bits per heavy atom. The number of rotatable bonds is 19. The average Bonchev–Trinajstić information content (AvgIpc) is 3.18. The van der Waals surface area contributed by atoms with Crippen LogP contribution >= 0.6 is 0 Å². The molecule has 0 aromatic heterocycles. The molecule has 0 N–H and O–H groups in total. The highest BCUT2D eigenvalue weighted by Crippen LogP contribution is 2.65. The van der Waals surface area contributed by atoms with Gasteiger partial charge >= 0.3 is 23.9 Å². The molecule has 0 aromatic rings. The van der Waals surface area contributed by atoms with Gasteiger partial charge in [-0.2, -0.15) is 0 Å². The quantitative estimate of drug-likeness (QED) is 0.108. The van der Waals surface area contributed by atoms with Crippen LogP contribution in [-0.4, -0.2) is 49.8 Å². The van der Waals surface area contributed by atoms with E-state index in [1.165, 1.54) is 59.2 Å². The normalized spacial score (nSPS) is 24.1. The van der Waals surface area contributed by atoms with Gasteiger partial charge in [0.25, 0.3) is 0 Å². The van der Waals surface area contributed by atoms with Crippen LogP contribution in [0, 0.1) is 10.8 Å². The molecular weight excluding hydrogens is 488 g/mol. The molecule has 1 aliphatic carbocycles. The molecular formula is C30H50O8. The minimum Gasteiger partial charge on any atom is -0.469 e. The fourth-order valence-corrected chi connectivity index (χ4v) is 5.93. The molecule has 0 spiro atoms. The number of hydrogen-bond donors (Lipinski definition) is 0. The first kappa shape index (κ1) is 32.1. The van der Waals surface area contributed by atoms with Crippen LogP contribution in [0.15, 0.2) is 0 Å². The Kier molecular flexibility index (Phi) is 12.6. The second-order valence-corrected chi connectivity index (χ2v) is 11.8. The van der Waals surface area contributed by atoms with Crippen LogP contribution in [0.25, 0.3) is 0 Å². The molecule has 3 atom stereocenters. The largest absolute Gasteiger partial charge is 0.469 e. The number of methoxy groups -OCH3 is 2. The minimum absolute atomic E-state index is 0.00660. The number of carbonyl (C=O) groups excluding carboxylic acids is 4. The van der Waals surface area contributed by atoms with Gasteiger partial charge in [-0.3, -0.25) is 14.4 Å². The maximum absolute atomic E-state index is 13.3. The summed E-state index contributed by atoms with van der Waals surface area (Å²) in [6.45, 7) is 5.66. The van der Waals surface area contributed by atoms with E-state index < -0.39 is 34.5 Å². The van der Waals surface area contributed by atoms with Crippen LogP contribution in [0.2, 0.25) is 0 Å². The summed E-state index contributed by atoms with van der Waals surface area (Å²) in [4.78, 5) is 48.9. The molecule has 2 bridgehead atoms. The molecule has 1 saturated carbocycles. The van der Waals surface area contributed by atoms with E-state index in [4.69, 9.17) is 14.2 Å². The van der Waals surface area contributed by atoms with Gasteiger partial charge in [0.2, 0.25) is 5.60 Å². The van der Waals surface area contributed by atoms with Crippen molar-refractivity contribution in [3.63, 3.8) is 0 Å². The van der Waals surface area contributed by atoms with Crippen molar-refractivity contribution in [3.05, 3.63) is 0 Å². The molecule has 2 rings (SSSR count). The van der Waals surface area contributed by atoms with Gasteiger partial charge in [0, 0.05) is 11.8 Å². The predicted molar refractivity (Wildman–Crippen MR) is 143 cm³/mol. The van der Waals surface area contributed by atoms with Crippen molar-refractivity contribution in [2.45, 2.75) is 142 Å². The SMILES string of the molecule is COC(=O)CCCCCCCCCCCCCC[C@H](CC(=O)OC)OC(=O)[C@@]12CC[C@@](C)(C(=O)O1)C2(C)C. The maximum atomic E-state index is 13.3. The Morgan fingerprint density at radius 2 is 1.26 bits per heavy atom. The Balaban J connectivity index is 1.63. The number of esters is 4. The van der Waals surface area contributed by atoms with Crippen molar-refractivity contribution in [1.29, 1.82) is 0 Å². The highest BCUT2D eigenvalue weighted by molar-refractivity contribution is 5.93. The molecule has 0 aromatic carbocycles. The van der Waals surface area contributed by atoms with Crippen LogP contribution in [0.3, 0.4) is 0 Å². The van der Waals surface area contributed by atoms with Crippen molar-refractivity contribution in [2.75, 3.05) is 14.2 Å². The lowest BCUT2D eigenvalue weighted by Gasteiger charge is -2.35. The molecule has 1 saturated heterocycles. The number of fused-ring (bicyclic) bond motifs is 2. The monoisotopic (exact) mass is 538 g/mol. The van der Waals surface area contributed by atoms with Crippen molar-refractivity contribution < 1.29 is 38.1 Å². The third kappa shape index (κ3) is 7.72. The Hall–Kier alpha value is -2.12. The van der Waals surface area contributed by atoms with Gasteiger partial charge in [0.15, 0.2) is 0 Å². The van der Waals surface area contributed by atoms with E-state index >= 15 is 0 Å². The summed E-state index contributed by atoms with van der Waals surface area (Å²) in [6, 6.07) is 0. The Labute approximate surface area is 228 Å². The zero-order valence-corrected chi connectivity index (χ0v) is 24.4. The van der Waals surface area contributed by atoms with Crippen LogP contribution in [0.5, 0.6) is 0 Å². The van der Waals surface area contributed by atoms with Crippen molar-refractivity contribution in [2.24, 2.45) is 10.8 Å². The van der Waals surface area contributed by atoms with E-state index in [1.807, 2.05) is 20.8 Å².